The van der Waals surface area contributed by atoms with Gasteiger partial charge in [-0.25, -0.2) is 4.39 Å². The minimum Gasteiger partial charge on any atom is -0.309 e. The molecule has 2 rings (SSSR count). The molecule has 0 amide bonds. The van der Waals surface area contributed by atoms with Gasteiger partial charge in [0.15, 0.2) is 0 Å². The van der Waals surface area contributed by atoms with E-state index in [4.69, 9.17) is 0 Å². The average Bonchev–Trinajstić information content (AvgIpc) is 2.06. The minimum atomic E-state index is -0.819. The monoisotopic (exact) mass is 151 g/mol. The van der Waals surface area contributed by atoms with Crippen LogP contribution >= 0.6 is 0 Å². The molecule has 1 heterocycles. The maximum atomic E-state index is 13.1. The Morgan fingerprint density at radius 2 is 2.18 bits per heavy atom. The molecule has 2 heteroatoms. The maximum Gasteiger partial charge on any atom is 0.138 e. The van der Waals surface area contributed by atoms with Crippen LogP contribution in [0, 0.1) is 0 Å². The van der Waals surface area contributed by atoms with Gasteiger partial charge in [-0.3, -0.25) is 0 Å². The molecule has 0 aromatic heterocycles. The lowest BCUT2D eigenvalue weighted by atomic mass is 10.0. The van der Waals surface area contributed by atoms with E-state index in [1.54, 1.807) is 0 Å². The highest BCUT2D eigenvalue weighted by atomic mass is 19.1. The molecular formula is C9H10FN. The number of hydrogen-bond acceptors (Lipinski definition) is 1. The van der Waals surface area contributed by atoms with Crippen molar-refractivity contribution in [2.24, 2.45) is 0 Å². The second-order valence-electron chi connectivity index (χ2n) is 2.80. The summed E-state index contributed by atoms with van der Waals surface area (Å²) in [5.41, 5.74) is 1.94. The average molecular weight is 151 g/mol. The van der Waals surface area contributed by atoms with Crippen molar-refractivity contribution in [2.45, 2.75) is 12.7 Å². The Hall–Kier alpha value is -0.890. The molecule has 1 aliphatic heterocycles. The quantitative estimate of drug-likeness (QED) is 0.596. The molecule has 1 aliphatic rings. The topological polar surface area (TPSA) is 12.0 Å². The molecule has 11 heavy (non-hydrogen) atoms. The summed E-state index contributed by atoms with van der Waals surface area (Å²) < 4.78 is 13.1. The van der Waals surface area contributed by atoms with Crippen molar-refractivity contribution in [3.8, 4) is 0 Å². The normalized spacial score (nSPS) is 22.8. The first-order valence-corrected chi connectivity index (χ1v) is 3.80. The minimum absolute atomic E-state index is 0.455. The van der Waals surface area contributed by atoms with E-state index in [9.17, 15) is 4.39 Å². The third-order valence-corrected chi connectivity index (χ3v) is 2.03. The molecular weight excluding hydrogens is 141 g/mol. The van der Waals surface area contributed by atoms with Crippen LogP contribution in [0.5, 0.6) is 0 Å². The molecule has 1 aromatic carbocycles. The largest absolute Gasteiger partial charge is 0.309 e. The second-order valence-corrected chi connectivity index (χ2v) is 2.80. The standard InChI is InChI=1S/C9H10FN/c10-9-6-11-5-7-3-1-2-4-8(7)9/h1-4,9,11H,5-6H2/t9-/m0/s1. The van der Waals surface area contributed by atoms with Gasteiger partial charge in [-0.1, -0.05) is 24.3 Å². The van der Waals surface area contributed by atoms with E-state index in [1.807, 2.05) is 24.3 Å². The van der Waals surface area contributed by atoms with Crippen LogP contribution in [0.4, 0.5) is 4.39 Å². The molecule has 1 aromatic rings. The lowest BCUT2D eigenvalue weighted by Gasteiger charge is -2.19. The molecule has 1 nitrogen and oxygen atoms in total. The van der Waals surface area contributed by atoms with E-state index in [2.05, 4.69) is 5.32 Å². The van der Waals surface area contributed by atoms with E-state index in [0.717, 1.165) is 17.7 Å². The molecule has 0 saturated heterocycles. The predicted molar refractivity (Wildman–Crippen MR) is 42.0 cm³/mol. The fourth-order valence-electron chi connectivity index (χ4n) is 1.44. The zero-order valence-corrected chi connectivity index (χ0v) is 6.18. The van der Waals surface area contributed by atoms with Crippen LogP contribution in [0.3, 0.4) is 0 Å². The van der Waals surface area contributed by atoms with E-state index >= 15 is 0 Å². The second kappa shape index (κ2) is 2.62. The maximum absolute atomic E-state index is 13.1. The Morgan fingerprint density at radius 1 is 1.36 bits per heavy atom. The predicted octanol–water partition coefficient (Wildman–Crippen LogP) is 1.80. The number of rotatable bonds is 0. The summed E-state index contributed by atoms with van der Waals surface area (Å²) in [6.45, 7) is 1.26. The first-order valence-electron chi connectivity index (χ1n) is 3.80. The van der Waals surface area contributed by atoms with Gasteiger partial charge in [0.05, 0.1) is 0 Å². The summed E-state index contributed by atoms with van der Waals surface area (Å²) >= 11 is 0. The van der Waals surface area contributed by atoms with Gasteiger partial charge < -0.3 is 5.32 Å². The summed E-state index contributed by atoms with van der Waals surface area (Å²) in [7, 11) is 0. The number of halogens is 1. The van der Waals surface area contributed by atoms with Crippen molar-refractivity contribution in [1.29, 1.82) is 0 Å². The molecule has 1 atom stereocenters. The van der Waals surface area contributed by atoms with Gasteiger partial charge in [-0.05, 0) is 11.1 Å². The molecule has 0 aliphatic carbocycles. The Labute approximate surface area is 65.2 Å². The van der Waals surface area contributed by atoms with Gasteiger partial charge in [-0.15, -0.1) is 0 Å². The number of hydrogen-bond donors (Lipinski definition) is 1. The van der Waals surface area contributed by atoms with Crippen molar-refractivity contribution in [2.75, 3.05) is 6.54 Å². The number of fused-ring (bicyclic) bond motifs is 1. The van der Waals surface area contributed by atoms with E-state index in [0.29, 0.717) is 6.54 Å². The zero-order chi connectivity index (χ0) is 7.68. The Kier molecular flexibility index (Phi) is 1.62. The highest BCUT2D eigenvalue weighted by Gasteiger charge is 2.17. The fourth-order valence-corrected chi connectivity index (χ4v) is 1.44. The first-order chi connectivity index (χ1) is 5.38. The van der Waals surface area contributed by atoms with Crippen molar-refractivity contribution in [3.05, 3.63) is 35.4 Å². The molecule has 0 radical (unpaired) electrons. The van der Waals surface area contributed by atoms with E-state index in [-0.39, 0.29) is 0 Å². The third kappa shape index (κ3) is 1.14. The number of nitrogens with one attached hydrogen (secondary N) is 1. The fraction of sp³-hybridized carbons (Fsp3) is 0.333. The van der Waals surface area contributed by atoms with E-state index < -0.39 is 6.17 Å². The van der Waals surface area contributed by atoms with Crippen LogP contribution in [0.2, 0.25) is 0 Å². The van der Waals surface area contributed by atoms with E-state index in [1.165, 1.54) is 0 Å². The van der Waals surface area contributed by atoms with Gasteiger partial charge in [-0.2, -0.15) is 0 Å². The van der Waals surface area contributed by atoms with Crippen LogP contribution in [0.25, 0.3) is 0 Å². The molecule has 0 spiro atoms. The lowest BCUT2D eigenvalue weighted by molar-refractivity contribution is 0.310. The molecule has 1 N–H and O–H groups in total. The van der Waals surface area contributed by atoms with Crippen molar-refractivity contribution in [3.63, 3.8) is 0 Å². The summed E-state index contributed by atoms with van der Waals surface area (Å²) in [6, 6.07) is 7.66. The Bertz CT molecular complexity index is 259. The third-order valence-electron chi connectivity index (χ3n) is 2.03. The first kappa shape index (κ1) is 6.80. The summed E-state index contributed by atoms with van der Waals surface area (Å²) in [5, 5.41) is 3.02. The van der Waals surface area contributed by atoms with Crippen molar-refractivity contribution >= 4 is 0 Å². The van der Waals surface area contributed by atoms with Gasteiger partial charge in [0.1, 0.15) is 6.17 Å². The summed E-state index contributed by atoms with van der Waals surface area (Å²) in [6.07, 6.45) is -0.819. The van der Waals surface area contributed by atoms with Gasteiger partial charge in [0, 0.05) is 13.1 Å². The summed E-state index contributed by atoms with van der Waals surface area (Å²) in [4.78, 5) is 0. The van der Waals surface area contributed by atoms with Crippen LogP contribution in [-0.2, 0) is 6.54 Å². The Balaban J connectivity index is 2.44. The van der Waals surface area contributed by atoms with Crippen molar-refractivity contribution in [1.82, 2.24) is 5.32 Å². The van der Waals surface area contributed by atoms with Gasteiger partial charge in [0.2, 0.25) is 0 Å². The number of alkyl halides is 1. The molecule has 0 bridgehead atoms. The van der Waals surface area contributed by atoms with Crippen LogP contribution in [0.15, 0.2) is 24.3 Å². The van der Waals surface area contributed by atoms with Gasteiger partial charge in [0.25, 0.3) is 0 Å². The molecule has 0 unspecified atom stereocenters. The zero-order valence-electron chi connectivity index (χ0n) is 6.18. The smallest absolute Gasteiger partial charge is 0.138 e. The molecule has 0 fully saturated rings. The van der Waals surface area contributed by atoms with Crippen molar-refractivity contribution < 1.29 is 4.39 Å². The SMILES string of the molecule is F[C@H]1CNCc2ccccc21. The Morgan fingerprint density at radius 3 is 3.00 bits per heavy atom. The summed E-state index contributed by atoms with van der Waals surface area (Å²) in [5.74, 6) is 0. The van der Waals surface area contributed by atoms with Crippen LogP contribution in [0.1, 0.15) is 17.3 Å². The molecule has 0 saturated carbocycles. The highest BCUT2D eigenvalue weighted by Crippen LogP contribution is 2.23. The molecule has 58 valence electrons. The van der Waals surface area contributed by atoms with Crippen LogP contribution in [-0.4, -0.2) is 6.54 Å². The van der Waals surface area contributed by atoms with Gasteiger partial charge >= 0.3 is 0 Å². The lowest BCUT2D eigenvalue weighted by Crippen LogP contribution is -2.25. The highest BCUT2D eigenvalue weighted by molar-refractivity contribution is 5.30. The number of benzene rings is 1. The van der Waals surface area contributed by atoms with Crippen LogP contribution < -0.4 is 5.32 Å².